The molecule has 1 aromatic carbocycles. The number of nitrogens with two attached hydrogens (primary N) is 1. The number of hydrogen-bond donors (Lipinski definition) is 1. The Morgan fingerprint density at radius 2 is 2.00 bits per heavy atom. The molecule has 1 aromatic rings. The monoisotopic (exact) mass is 324 g/mol. The number of halogens is 1. The Kier molecular flexibility index (Phi) is 4.57. The minimum absolute atomic E-state index is 0.0857. The Hall–Kier alpha value is -0.540. The van der Waals surface area contributed by atoms with Gasteiger partial charge in [-0.1, -0.05) is 42.3 Å². The van der Waals surface area contributed by atoms with Crippen LogP contribution in [0.2, 0.25) is 0 Å². The van der Waals surface area contributed by atoms with Crippen molar-refractivity contribution in [2.75, 3.05) is 18.0 Å². The van der Waals surface area contributed by atoms with Gasteiger partial charge < -0.3 is 10.6 Å². The van der Waals surface area contributed by atoms with Crippen LogP contribution in [0.4, 0.5) is 5.69 Å². The van der Waals surface area contributed by atoms with E-state index in [1.165, 1.54) is 30.5 Å². The molecule has 1 fully saturated rings. The van der Waals surface area contributed by atoms with Crippen LogP contribution in [0.3, 0.4) is 0 Å². The molecule has 0 aliphatic carbocycles. The lowest BCUT2D eigenvalue weighted by molar-refractivity contribution is 0.238. The summed E-state index contributed by atoms with van der Waals surface area (Å²) >= 11 is 3.58. The van der Waals surface area contributed by atoms with Crippen LogP contribution in [0.25, 0.3) is 0 Å². The van der Waals surface area contributed by atoms with Crippen LogP contribution in [0, 0.1) is 5.41 Å². The van der Waals surface area contributed by atoms with Crippen molar-refractivity contribution >= 4 is 21.6 Å². The molecule has 1 heterocycles. The molecular formula is C16H25BrN2. The predicted molar refractivity (Wildman–Crippen MR) is 86.6 cm³/mol. The molecular weight excluding hydrogens is 300 g/mol. The average Bonchev–Trinajstić information content (AvgIpc) is 2.39. The molecule has 0 bridgehead atoms. The smallest absolute Gasteiger partial charge is 0.0425 e. The van der Waals surface area contributed by atoms with Gasteiger partial charge in [-0.3, -0.25) is 0 Å². The van der Waals surface area contributed by atoms with Gasteiger partial charge in [0.1, 0.15) is 0 Å². The fourth-order valence-electron chi connectivity index (χ4n) is 2.82. The number of benzene rings is 1. The van der Waals surface area contributed by atoms with E-state index < -0.39 is 0 Å². The van der Waals surface area contributed by atoms with Gasteiger partial charge in [-0.15, -0.1) is 0 Å². The maximum Gasteiger partial charge on any atom is 0.0425 e. The van der Waals surface area contributed by atoms with Crippen LogP contribution < -0.4 is 10.6 Å². The second-order valence-electron chi connectivity index (χ2n) is 6.14. The van der Waals surface area contributed by atoms with E-state index in [0.717, 1.165) is 17.6 Å². The first-order chi connectivity index (χ1) is 8.95. The van der Waals surface area contributed by atoms with Crippen LogP contribution in [-0.4, -0.2) is 13.1 Å². The Balaban J connectivity index is 2.21. The third kappa shape index (κ3) is 3.32. The third-order valence-electron chi connectivity index (χ3n) is 4.65. The molecule has 2 nitrogen and oxygen atoms in total. The van der Waals surface area contributed by atoms with E-state index in [1.807, 2.05) is 0 Å². The van der Waals surface area contributed by atoms with Crippen LogP contribution in [0.15, 0.2) is 22.7 Å². The summed E-state index contributed by atoms with van der Waals surface area (Å²) in [4.78, 5) is 2.50. The molecule has 19 heavy (non-hydrogen) atoms. The second-order valence-corrected chi connectivity index (χ2v) is 7.06. The van der Waals surface area contributed by atoms with Crippen molar-refractivity contribution in [2.45, 2.75) is 46.1 Å². The molecule has 1 unspecified atom stereocenters. The van der Waals surface area contributed by atoms with E-state index in [0.29, 0.717) is 5.41 Å². The zero-order chi connectivity index (χ0) is 14.0. The summed E-state index contributed by atoms with van der Waals surface area (Å²) in [7, 11) is 0. The highest BCUT2D eigenvalue weighted by Crippen LogP contribution is 2.38. The summed E-state index contributed by atoms with van der Waals surface area (Å²) in [6.45, 7) is 9.06. The number of hydrogen-bond acceptors (Lipinski definition) is 2. The first kappa shape index (κ1) is 14.9. The second kappa shape index (κ2) is 5.84. The Morgan fingerprint density at radius 1 is 1.37 bits per heavy atom. The van der Waals surface area contributed by atoms with E-state index in [2.05, 4.69) is 59.8 Å². The lowest BCUT2D eigenvalue weighted by Gasteiger charge is -2.41. The van der Waals surface area contributed by atoms with Gasteiger partial charge in [0.2, 0.25) is 0 Å². The van der Waals surface area contributed by atoms with Crippen LogP contribution in [0.1, 0.15) is 51.6 Å². The first-order valence-electron chi connectivity index (χ1n) is 7.25. The largest absolute Gasteiger partial charge is 0.371 e. The third-order valence-corrected chi connectivity index (χ3v) is 5.14. The van der Waals surface area contributed by atoms with Gasteiger partial charge >= 0.3 is 0 Å². The summed E-state index contributed by atoms with van der Waals surface area (Å²) < 4.78 is 1.13. The zero-order valence-electron chi connectivity index (χ0n) is 12.2. The Labute approximate surface area is 125 Å². The molecule has 1 aliphatic heterocycles. The highest BCUT2D eigenvalue weighted by molar-refractivity contribution is 9.10. The fraction of sp³-hybridized carbons (Fsp3) is 0.625. The van der Waals surface area contributed by atoms with Crippen molar-refractivity contribution in [3.05, 3.63) is 28.2 Å². The molecule has 2 rings (SSSR count). The van der Waals surface area contributed by atoms with Crippen molar-refractivity contribution < 1.29 is 0 Å². The van der Waals surface area contributed by atoms with Gasteiger partial charge in [-0.05, 0) is 42.9 Å². The van der Waals surface area contributed by atoms with E-state index in [9.17, 15) is 0 Å². The molecule has 1 aliphatic rings. The summed E-state index contributed by atoms with van der Waals surface area (Å²) in [6.07, 6.45) is 3.82. The summed E-state index contributed by atoms with van der Waals surface area (Å²) in [5.41, 5.74) is 9.19. The van der Waals surface area contributed by atoms with Crippen LogP contribution >= 0.6 is 15.9 Å². The molecule has 2 N–H and O–H groups in total. The maximum atomic E-state index is 6.11. The number of nitrogens with zero attached hydrogens (tertiary/aromatic N) is 1. The maximum absolute atomic E-state index is 6.11. The van der Waals surface area contributed by atoms with Crippen molar-refractivity contribution in [3.8, 4) is 0 Å². The molecule has 3 heteroatoms. The fourth-order valence-corrected chi connectivity index (χ4v) is 3.17. The van der Waals surface area contributed by atoms with E-state index in [4.69, 9.17) is 5.73 Å². The summed E-state index contributed by atoms with van der Waals surface area (Å²) in [5.74, 6) is 0. The summed E-state index contributed by atoms with van der Waals surface area (Å²) in [5, 5.41) is 0. The van der Waals surface area contributed by atoms with Gasteiger partial charge in [0.25, 0.3) is 0 Å². The minimum Gasteiger partial charge on any atom is -0.371 e. The first-order valence-corrected chi connectivity index (χ1v) is 8.04. The molecule has 1 atom stereocenters. The van der Waals surface area contributed by atoms with Gasteiger partial charge in [-0.2, -0.15) is 0 Å². The van der Waals surface area contributed by atoms with Crippen molar-refractivity contribution in [3.63, 3.8) is 0 Å². The topological polar surface area (TPSA) is 29.3 Å². The van der Waals surface area contributed by atoms with Gasteiger partial charge in [0.05, 0.1) is 0 Å². The van der Waals surface area contributed by atoms with Crippen molar-refractivity contribution in [1.29, 1.82) is 0 Å². The molecule has 1 saturated heterocycles. The summed E-state index contributed by atoms with van der Waals surface area (Å²) in [6, 6.07) is 6.54. The van der Waals surface area contributed by atoms with E-state index >= 15 is 0 Å². The number of piperidine rings is 1. The van der Waals surface area contributed by atoms with Gasteiger partial charge in [0.15, 0.2) is 0 Å². The molecule has 0 amide bonds. The quantitative estimate of drug-likeness (QED) is 0.887. The average molecular weight is 325 g/mol. The van der Waals surface area contributed by atoms with Gasteiger partial charge in [-0.25, -0.2) is 0 Å². The highest BCUT2D eigenvalue weighted by Gasteiger charge is 2.29. The lowest BCUT2D eigenvalue weighted by Crippen LogP contribution is -2.39. The Bertz CT molecular complexity index is 434. The standard InChI is InChI=1S/C16H25BrN2/c1-4-16(3)7-9-19(10-8-16)15-11-13(17)5-6-14(15)12(2)18/h5-6,11-12H,4,7-10,18H2,1-3H3. The SMILES string of the molecule is CCC1(C)CCN(c2cc(Br)ccc2C(C)N)CC1. The predicted octanol–water partition coefficient (Wildman–Crippen LogP) is 4.49. The normalized spacial score (nSPS) is 20.4. The molecule has 0 radical (unpaired) electrons. The number of anilines is 1. The van der Waals surface area contributed by atoms with Gasteiger partial charge in [0, 0.05) is 29.3 Å². The number of rotatable bonds is 3. The molecule has 0 aromatic heterocycles. The molecule has 0 saturated carbocycles. The van der Waals surface area contributed by atoms with Crippen LogP contribution in [-0.2, 0) is 0 Å². The van der Waals surface area contributed by atoms with Crippen molar-refractivity contribution in [2.24, 2.45) is 11.1 Å². The zero-order valence-corrected chi connectivity index (χ0v) is 13.8. The van der Waals surface area contributed by atoms with E-state index in [1.54, 1.807) is 0 Å². The van der Waals surface area contributed by atoms with Crippen LogP contribution in [0.5, 0.6) is 0 Å². The Morgan fingerprint density at radius 3 is 2.53 bits per heavy atom. The molecule has 0 spiro atoms. The van der Waals surface area contributed by atoms with E-state index in [-0.39, 0.29) is 6.04 Å². The highest BCUT2D eigenvalue weighted by atomic mass is 79.9. The molecule has 106 valence electrons. The lowest BCUT2D eigenvalue weighted by atomic mass is 9.78. The van der Waals surface area contributed by atoms with Crippen molar-refractivity contribution in [1.82, 2.24) is 0 Å². The minimum atomic E-state index is 0.0857.